The summed E-state index contributed by atoms with van der Waals surface area (Å²) in [4.78, 5) is 18.7. The molecule has 148 valence electrons. The third kappa shape index (κ3) is 3.53. The Hall–Kier alpha value is -3.08. The van der Waals surface area contributed by atoms with E-state index in [2.05, 4.69) is 19.9 Å². The van der Waals surface area contributed by atoms with Gasteiger partial charge in [0.2, 0.25) is 10.0 Å². The maximum Gasteiger partial charge on any atom is 0.271 e. The number of aromatic nitrogens is 2. The van der Waals surface area contributed by atoms with E-state index < -0.39 is 15.9 Å². The Balaban J connectivity index is 1.59. The molecule has 0 bridgehead atoms. The quantitative estimate of drug-likeness (QED) is 0.384. The molecule has 3 N–H and O–H groups in total. The van der Waals surface area contributed by atoms with Crippen molar-refractivity contribution in [2.24, 2.45) is 10.2 Å². The van der Waals surface area contributed by atoms with Crippen molar-refractivity contribution in [1.82, 2.24) is 14.8 Å². The Morgan fingerprint density at radius 3 is 2.55 bits per heavy atom. The fourth-order valence-electron chi connectivity index (χ4n) is 3.04. The molecular weight excluding hydrogens is 410 g/mol. The normalized spacial score (nSPS) is 12.6. The number of amides is 1. The zero-order chi connectivity index (χ0) is 20.8. The second-order valence-electron chi connectivity index (χ2n) is 6.44. The molecule has 2 aromatic carbocycles. The van der Waals surface area contributed by atoms with E-state index in [0.29, 0.717) is 5.71 Å². The van der Waals surface area contributed by atoms with Gasteiger partial charge >= 0.3 is 0 Å². The predicted octanol–water partition coefficient (Wildman–Crippen LogP) is 2.66. The van der Waals surface area contributed by atoms with Crippen LogP contribution in [0.4, 0.5) is 0 Å². The fraction of sp³-hybridized carbons (Fsp3) is 0.105. The molecule has 0 aliphatic heterocycles. The van der Waals surface area contributed by atoms with Gasteiger partial charge in [-0.15, -0.1) is 0 Å². The topological polar surface area (TPSA) is 119 Å². The van der Waals surface area contributed by atoms with Gasteiger partial charge in [-0.3, -0.25) is 9.20 Å². The van der Waals surface area contributed by atoms with Crippen molar-refractivity contribution >= 4 is 49.0 Å². The standard InChI is InChI=1S/C19H17N5O3S2/c1-11(22-23-18(25)13-7-9-14(10-8-13)29(20,26)27)17-12(2)24-16-6-4-3-5-15(16)21-19(24)28-17/h3-10H,1-2H3,(H,23,25)(H2,20,26,27)/b22-11+. The highest BCUT2D eigenvalue weighted by molar-refractivity contribution is 7.89. The number of rotatable bonds is 4. The van der Waals surface area contributed by atoms with Crippen molar-refractivity contribution in [1.29, 1.82) is 0 Å². The zero-order valence-electron chi connectivity index (χ0n) is 15.6. The maximum atomic E-state index is 12.3. The first-order valence-electron chi connectivity index (χ1n) is 8.60. The van der Waals surface area contributed by atoms with Gasteiger partial charge in [0.1, 0.15) is 0 Å². The van der Waals surface area contributed by atoms with E-state index in [4.69, 9.17) is 5.14 Å². The van der Waals surface area contributed by atoms with Crippen molar-refractivity contribution in [2.75, 3.05) is 0 Å². The zero-order valence-corrected chi connectivity index (χ0v) is 17.2. The number of carbonyl (C=O) groups excluding carboxylic acids is 1. The summed E-state index contributed by atoms with van der Waals surface area (Å²) in [5.41, 5.74) is 6.37. The van der Waals surface area contributed by atoms with Crippen molar-refractivity contribution in [3.63, 3.8) is 0 Å². The van der Waals surface area contributed by atoms with E-state index in [1.807, 2.05) is 38.1 Å². The largest absolute Gasteiger partial charge is 0.287 e. The lowest BCUT2D eigenvalue weighted by atomic mass is 10.2. The monoisotopic (exact) mass is 427 g/mol. The van der Waals surface area contributed by atoms with Gasteiger partial charge in [-0.25, -0.2) is 24.0 Å². The number of nitrogens with one attached hydrogen (secondary N) is 1. The number of thiazole rings is 1. The number of carbonyl (C=O) groups is 1. The summed E-state index contributed by atoms with van der Waals surface area (Å²) >= 11 is 1.50. The van der Waals surface area contributed by atoms with Crippen LogP contribution < -0.4 is 10.6 Å². The van der Waals surface area contributed by atoms with Gasteiger partial charge in [-0.1, -0.05) is 23.5 Å². The molecule has 4 aromatic rings. The minimum absolute atomic E-state index is 0.0569. The third-order valence-electron chi connectivity index (χ3n) is 4.49. The highest BCUT2D eigenvalue weighted by Gasteiger charge is 2.16. The molecule has 0 saturated carbocycles. The lowest BCUT2D eigenvalue weighted by Crippen LogP contribution is -2.19. The number of sulfonamides is 1. The summed E-state index contributed by atoms with van der Waals surface area (Å²) in [5.74, 6) is -0.449. The predicted molar refractivity (Wildman–Crippen MR) is 113 cm³/mol. The number of benzene rings is 2. The smallest absolute Gasteiger partial charge is 0.271 e. The first-order valence-corrected chi connectivity index (χ1v) is 11.0. The van der Waals surface area contributed by atoms with Crippen LogP contribution in [0.5, 0.6) is 0 Å². The number of aryl methyl sites for hydroxylation is 1. The molecule has 0 saturated heterocycles. The molecule has 0 unspecified atom stereocenters. The number of primary sulfonamides is 1. The molecule has 4 rings (SSSR count). The van der Waals surface area contributed by atoms with Crippen LogP contribution in [0.2, 0.25) is 0 Å². The second kappa shape index (κ2) is 7.07. The van der Waals surface area contributed by atoms with Crippen LogP contribution in [0.3, 0.4) is 0 Å². The number of hydrogen-bond donors (Lipinski definition) is 2. The van der Waals surface area contributed by atoms with E-state index in [1.165, 1.54) is 35.6 Å². The van der Waals surface area contributed by atoms with Crippen molar-refractivity contribution in [3.8, 4) is 0 Å². The molecular formula is C19H17N5O3S2. The summed E-state index contributed by atoms with van der Waals surface area (Å²) < 4.78 is 24.7. The molecule has 10 heteroatoms. The SMILES string of the molecule is C/C(=N\NC(=O)c1ccc(S(N)(=O)=O)cc1)c1sc2nc3ccccc3n2c1C. The minimum atomic E-state index is -3.80. The van der Waals surface area contributed by atoms with Gasteiger partial charge in [-0.05, 0) is 50.2 Å². The number of hydrazone groups is 1. The van der Waals surface area contributed by atoms with Crippen LogP contribution in [0.15, 0.2) is 58.5 Å². The van der Waals surface area contributed by atoms with Crippen LogP contribution >= 0.6 is 11.3 Å². The lowest BCUT2D eigenvalue weighted by molar-refractivity contribution is 0.0954. The second-order valence-corrected chi connectivity index (χ2v) is 8.98. The Bertz CT molecular complexity index is 1380. The average molecular weight is 428 g/mol. The molecule has 0 spiro atoms. The van der Waals surface area contributed by atoms with Crippen molar-refractivity contribution in [2.45, 2.75) is 18.7 Å². The summed E-state index contributed by atoms with van der Waals surface area (Å²) in [6.45, 7) is 3.80. The first kappa shape index (κ1) is 19.2. The summed E-state index contributed by atoms with van der Waals surface area (Å²) in [5, 5.41) is 9.26. The Morgan fingerprint density at radius 1 is 1.17 bits per heavy atom. The highest BCUT2D eigenvalue weighted by Crippen LogP contribution is 2.28. The Morgan fingerprint density at radius 2 is 1.86 bits per heavy atom. The average Bonchev–Trinajstić information content (AvgIpc) is 3.22. The Labute approximate surface area is 170 Å². The molecule has 1 amide bonds. The van der Waals surface area contributed by atoms with E-state index in [-0.39, 0.29) is 10.5 Å². The van der Waals surface area contributed by atoms with Gasteiger partial charge in [0, 0.05) is 11.3 Å². The van der Waals surface area contributed by atoms with Gasteiger partial charge < -0.3 is 0 Å². The van der Waals surface area contributed by atoms with Gasteiger partial charge in [0.25, 0.3) is 5.91 Å². The van der Waals surface area contributed by atoms with Crippen LogP contribution in [-0.2, 0) is 10.0 Å². The molecule has 0 aliphatic rings. The lowest BCUT2D eigenvalue weighted by Gasteiger charge is -2.04. The van der Waals surface area contributed by atoms with E-state index >= 15 is 0 Å². The number of nitrogens with zero attached hydrogens (tertiary/aromatic N) is 3. The van der Waals surface area contributed by atoms with Crippen LogP contribution in [0, 0.1) is 6.92 Å². The number of para-hydroxylation sites is 2. The van der Waals surface area contributed by atoms with Gasteiger partial charge in [0.15, 0.2) is 4.96 Å². The summed E-state index contributed by atoms with van der Waals surface area (Å²) in [6.07, 6.45) is 0. The molecule has 0 fully saturated rings. The van der Waals surface area contributed by atoms with Gasteiger partial charge in [0.05, 0.1) is 26.5 Å². The number of fused-ring (bicyclic) bond motifs is 3. The van der Waals surface area contributed by atoms with Crippen molar-refractivity contribution in [3.05, 3.63) is 64.7 Å². The molecule has 29 heavy (non-hydrogen) atoms. The molecule has 8 nitrogen and oxygen atoms in total. The van der Waals surface area contributed by atoms with Gasteiger partial charge in [-0.2, -0.15) is 5.10 Å². The number of hydrogen-bond acceptors (Lipinski definition) is 6. The minimum Gasteiger partial charge on any atom is -0.287 e. The molecule has 0 radical (unpaired) electrons. The Kier molecular flexibility index (Phi) is 4.69. The van der Waals surface area contributed by atoms with E-state index in [1.54, 1.807) is 0 Å². The third-order valence-corrected chi connectivity index (χ3v) is 6.67. The number of imidazole rings is 1. The molecule has 0 aliphatic carbocycles. The number of nitrogens with two attached hydrogens (primary N) is 1. The fourth-order valence-corrected chi connectivity index (χ4v) is 4.65. The highest BCUT2D eigenvalue weighted by atomic mass is 32.2. The van der Waals surface area contributed by atoms with Crippen molar-refractivity contribution < 1.29 is 13.2 Å². The maximum absolute atomic E-state index is 12.3. The van der Waals surface area contributed by atoms with Crippen LogP contribution in [0.1, 0.15) is 27.9 Å². The van der Waals surface area contributed by atoms with Crippen LogP contribution in [-0.4, -0.2) is 29.4 Å². The molecule has 2 heterocycles. The van der Waals surface area contributed by atoms with E-state index in [0.717, 1.165) is 26.6 Å². The summed E-state index contributed by atoms with van der Waals surface area (Å²) in [6, 6.07) is 13.2. The first-order chi connectivity index (χ1) is 13.8. The summed E-state index contributed by atoms with van der Waals surface area (Å²) in [7, 11) is -3.80. The van der Waals surface area contributed by atoms with E-state index in [9.17, 15) is 13.2 Å². The molecule has 0 atom stereocenters. The molecule has 2 aromatic heterocycles. The van der Waals surface area contributed by atoms with Crippen LogP contribution in [0.25, 0.3) is 16.0 Å².